The number of carbonyl (C=O) groups excluding carboxylic acids is 1. The van der Waals surface area contributed by atoms with E-state index in [1.165, 1.54) is 4.68 Å². The van der Waals surface area contributed by atoms with Crippen molar-refractivity contribution in [3.8, 4) is 28.7 Å². The van der Waals surface area contributed by atoms with Gasteiger partial charge in [-0.05, 0) is 71.0 Å². The molecule has 1 aromatic heterocycles. The first-order valence-electron chi connectivity index (χ1n) is 11.7. The number of aromatic nitrogens is 2. The lowest BCUT2D eigenvalue weighted by molar-refractivity contribution is 0.0953. The molecule has 0 aliphatic carbocycles. The molecule has 36 heavy (non-hydrogen) atoms. The molecule has 3 aromatic rings. The summed E-state index contributed by atoms with van der Waals surface area (Å²) in [5.41, 5.74) is 4.50. The molecule has 0 spiro atoms. The minimum Gasteiger partial charge on any atom is -0.497 e. The van der Waals surface area contributed by atoms with Crippen LogP contribution in [0.15, 0.2) is 46.3 Å². The number of rotatable bonds is 11. The minimum absolute atomic E-state index is 0.281. The number of ether oxygens (including phenoxy) is 4. The van der Waals surface area contributed by atoms with Gasteiger partial charge >= 0.3 is 0 Å². The van der Waals surface area contributed by atoms with Gasteiger partial charge in [-0.15, -0.1) is 0 Å². The van der Waals surface area contributed by atoms with Crippen molar-refractivity contribution in [2.45, 2.75) is 34.6 Å². The number of carbonyl (C=O) groups is 1. The van der Waals surface area contributed by atoms with Crippen LogP contribution in [-0.4, -0.2) is 48.3 Å². The normalized spacial score (nSPS) is 11.2. The van der Waals surface area contributed by atoms with Gasteiger partial charge in [-0.3, -0.25) is 14.7 Å². The maximum absolute atomic E-state index is 13.1. The average Bonchev–Trinajstić information content (AvgIpc) is 3.18. The van der Waals surface area contributed by atoms with Gasteiger partial charge in [-0.1, -0.05) is 0 Å². The van der Waals surface area contributed by atoms with E-state index in [-0.39, 0.29) is 11.1 Å². The van der Waals surface area contributed by atoms with Gasteiger partial charge in [0.25, 0.3) is 11.5 Å². The molecular weight excluding hydrogens is 464 g/mol. The highest BCUT2D eigenvalue weighted by Gasteiger charge is 2.19. The predicted molar refractivity (Wildman–Crippen MR) is 137 cm³/mol. The Hall–Kier alpha value is -4.21. The van der Waals surface area contributed by atoms with E-state index in [1.54, 1.807) is 57.4 Å². The fourth-order valence-corrected chi connectivity index (χ4v) is 3.66. The molecule has 2 N–H and O–H groups in total. The van der Waals surface area contributed by atoms with Crippen molar-refractivity contribution in [2.24, 2.45) is 5.10 Å². The van der Waals surface area contributed by atoms with E-state index >= 15 is 0 Å². The fourth-order valence-electron chi connectivity index (χ4n) is 3.66. The van der Waals surface area contributed by atoms with E-state index in [1.807, 2.05) is 20.8 Å². The molecule has 3 rings (SSSR count). The quantitative estimate of drug-likeness (QED) is 0.308. The highest BCUT2D eigenvalue weighted by Crippen LogP contribution is 2.39. The van der Waals surface area contributed by atoms with E-state index in [9.17, 15) is 9.59 Å². The Morgan fingerprint density at radius 2 is 1.58 bits per heavy atom. The van der Waals surface area contributed by atoms with Crippen LogP contribution in [0.25, 0.3) is 5.69 Å². The third kappa shape index (κ3) is 5.70. The molecular formula is C26H32N4O6. The maximum atomic E-state index is 13.1. The SMILES string of the molecule is CCOc1cc(C(=O)NN=C(C)c2c(C)[nH]n(-c3ccc(OC)cc3)c2=O)cc(OCC)c1OCC. The lowest BCUT2D eigenvalue weighted by Gasteiger charge is -2.16. The van der Waals surface area contributed by atoms with E-state index in [0.29, 0.717) is 65.5 Å². The van der Waals surface area contributed by atoms with Gasteiger partial charge in [0.15, 0.2) is 11.5 Å². The molecule has 10 nitrogen and oxygen atoms in total. The van der Waals surface area contributed by atoms with Gasteiger partial charge in [0.1, 0.15) is 5.75 Å². The first-order chi connectivity index (χ1) is 17.3. The van der Waals surface area contributed by atoms with Crippen molar-refractivity contribution in [1.82, 2.24) is 15.2 Å². The number of benzene rings is 2. The number of nitrogens with zero attached hydrogens (tertiary/aromatic N) is 2. The molecule has 0 fully saturated rings. The minimum atomic E-state index is -0.483. The summed E-state index contributed by atoms with van der Waals surface area (Å²) >= 11 is 0. The summed E-state index contributed by atoms with van der Waals surface area (Å²) in [5.74, 6) is 1.45. The van der Waals surface area contributed by atoms with Gasteiger partial charge < -0.3 is 18.9 Å². The van der Waals surface area contributed by atoms with Crippen LogP contribution in [-0.2, 0) is 0 Å². The Bertz CT molecular complexity index is 1260. The van der Waals surface area contributed by atoms with Crippen molar-refractivity contribution in [3.63, 3.8) is 0 Å². The molecule has 0 atom stereocenters. The second-order valence-electron chi connectivity index (χ2n) is 7.69. The van der Waals surface area contributed by atoms with Crippen LogP contribution in [0.5, 0.6) is 23.0 Å². The zero-order chi connectivity index (χ0) is 26.2. The lowest BCUT2D eigenvalue weighted by Crippen LogP contribution is -2.23. The summed E-state index contributed by atoms with van der Waals surface area (Å²) in [6.07, 6.45) is 0. The van der Waals surface area contributed by atoms with Crippen molar-refractivity contribution >= 4 is 11.6 Å². The Morgan fingerprint density at radius 3 is 2.11 bits per heavy atom. The van der Waals surface area contributed by atoms with Gasteiger partial charge in [-0.2, -0.15) is 5.10 Å². The summed E-state index contributed by atoms with van der Waals surface area (Å²) in [4.78, 5) is 26.0. The number of H-pyrrole nitrogens is 1. The first-order valence-corrected chi connectivity index (χ1v) is 11.7. The zero-order valence-corrected chi connectivity index (χ0v) is 21.4. The second-order valence-corrected chi connectivity index (χ2v) is 7.69. The third-order valence-electron chi connectivity index (χ3n) is 5.26. The standard InChI is InChI=1S/C26H32N4O6/c1-7-34-21-14-18(15-22(35-8-2)24(21)36-9-3)25(31)28-27-16(4)23-17(5)29-30(26(23)32)19-10-12-20(33-6)13-11-19/h10-15,29H,7-9H2,1-6H3,(H,28,31). The van der Waals surface area contributed by atoms with Crippen LogP contribution < -0.4 is 29.9 Å². The average molecular weight is 497 g/mol. The third-order valence-corrected chi connectivity index (χ3v) is 5.26. The monoisotopic (exact) mass is 496 g/mol. The maximum Gasteiger partial charge on any atom is 0.280 e. The summed E-state index contributed by atoms with van der Waals surface area (Å²) < 4.78 is 23.6. The molecule has 1 amide bonds. The van der Waals surface area contributed by atoms with Crippen LogP contribution in [0.3, 0.4) is 0 Å². The zero-order valence-electron chi connectivity index (χ0n) is 21.4. The number of aromatic amines is 1. The van der Waals surface area contributed by atoms with Crippen LogP contribution in [0, 0.1) is 6.92 Å². The van der Waals surface area contributed by atoms with Gasteiger partial charge in [0.05, 0.1) is 43.9 Å². The number of methoxy groups -OCH3 is 1. The molecule has 0 unspecified atom stereocenters. The Labute approximate surface area is 209 Å². The summed E-state index contributed by atoms with van der Waals surface area (Å²) in [6.45, 7) is 10.2. The molecule has 1 heterocycles. The summed E-state index contributed by atoms with van der Waals surface area (Å²) in [7, 11) is 1.58. The van der Waals surface area contributed by atoms with Gasteiger partial charge in [0, 0.05) is 11.3 Å². The van der Waals surface area contributed by atoms with Crippen molar-refractivity contribution in [1.29, 1.82) is 0 Å². The van der Waals surface area contributed by atoms with E-state index in [0.717, 1.165) is 0 Å². The lowest BCUT2D eigenvalue weighted by atomic mass is 10.1. The molecule has 0 saturated heterocycles. The Balaban J connectivity index is 1.89. The molecule has 2 aromatic carbocycles. The number of nitrogens with one attached hydrogen (secondary N) is 2. The van der Waals surface area contributed by atoms with Crippen LogP contribution >= 0.6 is 0 Å². The summed E-state index contributed by atoms with van der Waals surface area (Å²) in [5, 5.41) is 7.24. The molecule has 10 heteroatoms. The number of amides is 1. The van der Waals surface area contributed by atoms with Crippen LogP contribution in [0.2, 0.25) is 0 Å². The smallest absolute Gasteiger partial charge is 0.280 e. The van der Waals surface area contributed by atoms with Gasteiger partial charge in [0.2, 0.25) is 5.75 Å². The van der Waals surface area contributed by atoms with Crippen molar-refractivity contribution < 1.29 is 23.7 Å². The van der Waals surface area contributed by atoms with E-state index in [4.69, 9.17) is 18.9 Å². The first kappa shape index (κ1) is 26.4. The highest BCUT2D eigenvalue weighted by molar-refractivity contribution is 6.01. The molecule has 0 saturated carbocycles. The van der Waals surface area contributed by atoms with Crippen LogP contribution in [0.1, 0.15) is 49.3 Å². The van der Waals surface area contributed by atoms with Crippen molar-refractivity contribution in [3.05, 3.63) is 63.6 Å². The Morgan fingerprint density at radius 1 is 1.00 bits per heavy atom. The fraction of sp³-hybridized carbons (Fsp3) is 0.346. The number of aryl methyl sites for hydroxylation is 1. The highest BCUT2D eigenvalue weighted by atomic mass is 16.5. The molecule has 0 aliphatic heterocycles. The topological polar surface area (TPSA) is 116 Å². The number of hydrogen-bond acceptors (Lipinski definition) is 7. The number of hydrogen-bond donors (Lipinski definition) is 2. The molecule has 0 radical (unpaired) electrons. The predicted octanol–water partition coefficient (Wildman–Crippen LogP) is 3.83. The molecule has 0 bridgehead atoms. The Kier molecular flexibility index (Phi) is 8.77. The van der Waals surface area contributed by atoms with E-state index in [2.05, 4.69) is 15.6 Å². The van der Waals surface area contributed by atoms with Crippen molar-refractivity contribution in [2.75, 3.05) is 26.9 Å². The largest absolute Gasteiger partial charge is 0.497 e. The van der Waals surface area contributed by atoms with Gasteiger partial charge in [-0.25, -0.2) is 10.1 Å². The molecule has 192 valence electrons. The van der Waals surface area contributed by atoms with Crippen LogP contribution in [0.4, 0.5) is 0 Å². The van der Waals surface area contributed by atoms with E-state index < -0.39 is 5.91 Å². The second kappa shape index (κ2) is 12.0. The number of hydrazone groups is 1. The summed E-state index contributed by atoms with van der Waals surface area (Å²) in [6, 6.07) is 10.2. The molecule has 0 aliphatic rings.